The second-order valence-corrected chi connectivity index (χ2v) is 7.80. The molecule has 0 bridgehead atoms. The van der Waals surface area contributed by atoms with Gasteiger partial charge in [-0.3, -0.25) is 0 Å². The van der Waals surface area contributed by atoms with Crippen LogP contribution < -0.4 is 4.74 Å². The summed E-state index contributed by atoms with van der Waals surface area (Å²) in [6.45, 7) is 2.46. The Labute approximate surface area is 201 Å². The highest BCUT2D eigenvalue weighted by molar-refractivity contribution is 5.89. The van der Waals surface area contributed by atoms with Crippen molar-refractivity contribution in [3.05, 3.63) is 130 Å². The van der Waals surface area contributed by atoms with Crippen LogP contribution in [0, 0.1) is 0 Å². The summed E-state index contributed by atoms with van der Waals surface area (Å²) in [6.07, 6.45) is 12.2. The third-order valence-corrected chi connectivity index (χ3v) is 5.42. The molecular formula is C32H28O2. The molecule has 0 atom stereocenters. The van der Waals surface area contributed by atoms with E-state index in [4.69, 9.17) is 4.74 Å². The van der Waals surface area contributed by atoms with Crippen LogP contribution in [0.15, 0.2) is 97.1 Å². The SMILES string of the molecule is CCOc1cc(O)c(/C=C/c2ccccc2)c(/C=C/c2ccccc2)c1/C=C/c1ccccc1. The van der Waals surface area contributed by atoms with Gasteiger partial charge in [-0.1, -0.05) is 127 Å². The normalized spacial score (nSPS) is 11.6. The van der Waals surface area contributed by atoms with E-state index in [1.54, 1.807) is 6.07 Å². The van der Waals surface area contributed by atoms with Crippen LogP contribution in [-0.2, 0) is 0 Å². The number of hydrogen-bond acceptors (Lipinski definition) is 2. The molecular weight excluding hydrogens is 416 g/mol. The maximum atomic E-state index is 11.0. The Kier molecular flexibility index (Phi) is 7.76. The van der Waals surface area contributed by atoms with Crippen LogP contribution in [0.5, 0.6) is 11.5 Å². The van der Waals surface area contributed by atoms with Gasteiger partial charge in [0.25, 0.3) is 0 Å². The van der Waals surface area contributed by atoms with Gasteiger partial charge in [-0.05, 0) is 29.2 Å². The van der Waals surface area contributed by atoms with Gasteiger partial charge < -0.3 is 9.84 Å². The Balaban J connectivity index is 1.87. The number of hydrogen-bond donors (Lipinski definition) is 1. The molecule has 168 valence electrons. The predicted molar refractivity (Wildman–Crippen MR) is 145 cm³/mol. The lowest BCUT2D eigenvalue weighted by Gasteiger charge is -2.15. The van der Waals surface area contributed by atoms with Gasteiger partial charge in [-0.2, -0.15) is 0 Å². The van der Waals surface area contributed by atoms with E-state index < -0.39 is 0 Å². The molecule has 0 saturated heterocycles. The Morgan fingerprint density at radius 1 is 0.559 bits per heavy atom. The van der Waals surface area contributed by atoms with Crippen molar-refractivity contribution in [2.45, 2.75) is 6.92 Å². The van der Waals surface area contributed by atoms with Crippen molar-refractivity contribution in [1.82, 2.24) is 0 Å². The fourth-order valence-corrected chi connectivity index (χ4v) is 3.73. The molecule has 2 heteroatoms. The minimum Gasteiger partial charge on any atom is -0.507 e. The summed E-state index contributed by atoms with van der Waals surface area (Å²) in [5.41, 5.74) is 5.80. The Bertz CT molecular complexity index is 1290. The van der Waals surface area contributed by atoms with Gasteiger partial charge in [-0.15, -0.1) is 0 Å². The molecule has 4 rings (SSSR count). The van der Waals surface area contributed by atoms with Crippen LogP contribution in [-0.4, -0.2) is 11.7 Å². The van der Waals surface area contributed by atoms with E-state index >= 15 is 0 Å². The molecule has 0 fully saturated rings. The van der Waals surface area contributed by atoms with E-state index in [-0.39, 0.29) is 5.75 Å². The fourth-order valence-electron chi connectivity index (χ4n) is 3.73. The fraction of sp³-hybridized carbons (Fsp3) is 0.0625. The van der Waals surface area contributed by atoms with Crippen molar-refractivity contribution in [3.8, 4) is 11.5 Å². The lowest BCUT2D eigenvalue weighted by molar-refractivity contribution is 0.337. The minimum absolute atomic E-state index is 0.181. The second kappa shape index (κ2) is 11.5. The number of phenols is 1. The summed E-state index contributed by atoms with van der Waals surface area (Å²) < 4.78 is 5.95. The maximum absolute atomic E-state index is 11.0. The molecule has 0 saturated carbocycles. The topological polar surface area (TPSA) is 29.5 Å². The van der Waals surface area contributed by atoms with Gasteiger partial charge in [0.1, 0.15) is 11.5 Å². The zero-order valence-electron chi connectivity index (χ0n) is 19.3. The van der Waals surface area contributed by atoms with Gasteiger partial charge in [0.05, 0.1) is 6.61 Å². The lowest BCUT2D eigenvalue weighted by atomic mass is 9.95. The highest BCUT2D eigenvalue weighted by Crippen LogP contribution is 2.37. The largest absolute Gasteiger partial charge is 0.507 e. The third-order valence-electron chi connectivity index (χ3n) is 5.42. The van der Waals surface area contributed by atoms with E-state index in [9.17, 15) is 5.11 Å². The first-order valence-corrected chi connectivity index (χ1v) is 11.5. The van der Waals surface area contributed by atoms with Crippen molar-refractivity contribution < 1.29 is 9.84 Å². The molecule has 0 aliphatic carbocycles. The molecule has 4 aromatic carbocycles. The van der Waals surface area contributed by atoms with Gasteiger partial charge in [0.2, 0.25) is 0 Å². The standard InChI is InChI=1S/C32H28O2/c1-2-34-32-24-31(33)29(22-19-26-14-8-4-9-15-26)28(21-18-25-12-6-3-7-13-25)30(32)23-20-27-16-10-5-11-17-27/h3-24,33H,2H2,1H3/b21-18+,22-19+,23-20+. The van der Waals surface area contributed by atoms with E-state index in [2.05, 4.69) is 42.5 Å². The van der Waals surface area contributed by atoms with Crippen LogP contribution in [0.25, 0.3) is 36.5 Å². The zero-order chi connectivity index (χ0) is 23.6. The number of rotatable bonds is 8. The zero-order valence-corrected chi connectivity index (χ0v) is 19.3. The third kappa shape index (κ3) is 5.93. The number of benzene rings is 4. The first-order valence-electron chi connectivity index (χ1n) is 11.5. The Morgan fingerprint density at radius 2 is 0.971 bits per heavy atom. The van der Waals surface area contributed by atoms with Crippen molar-refractivity contribution in [3.63, 3.8) is 0 Å². The summed E-state index contributed by atoms with van der Waals surface area (Å²) >= 11 is 0. The number of phenolic OH excluding ortho intramolecular Hbond substituents is 1. The average molecular weight is 445 g/mol. The van der Waals surface area contributed by atoms with Gasteiger partial charge in [0, 0.05) is 17.2 Å². The molecule has 0 unspecified atom stereocenters. The number of ether oxygens (including phenoxy) is 1. The van der Waals surface area contributed by atoms with Gasteiger partial charge in [0.15, 0.2) is 0 Å². The van der Waals surface area contributed by atoms with Crippen molar-refractivity contribution in [2.75, 3.05) is 6.61 Å². The van der Waals surface area contributed by atoms with Crippen molar-refractivity contribution >= 4 is 36.5 Å². The summed E-state index contributed by atoms with van der Waals surface area (Å²) in [7, 11) is 0. The van der Waals surface area contributed by atoms with Crippen LogP contribution in [0.2, 0.25) is 0 Å². The average Bonchev–Trinajstić information content (AvgIpc) is 2.88. The van der Waals surface area contributed by atoms with Crippen LogP contribution in [0.4, 0.5) is 0 Å². The highest BCUT2D eigenvalue weighted by atomic mass is 16.5. The molecule has 1 N–H and O–H groups in total. The molecule has 4 aromatic rings. The molecule has 0 aromatic heterocycles. The summed E-state index contributed by atoms with van der Waals surface area (Å²) in [5, 5.41) is 11.0. The molecule has 0 spiro atoms. The molecule has 0 aliphatic rings. The molecule has 34 heavy (non-hydrogen) atoms. The second-order valence-electron chi connectivity index (χ2n) is 7.80. The molecule has 0 aliphatic heterocycles. The van der Waals surface area contributed by atoms with Crippen molar-refractivity contribution in [2.24, 2.45) is 0 Å². The maximum Gasteiger partial charge on any atom is 0.130 e. The van der Waals surface area contributed by atoms with Crippen LogP contribution in [0.3, 0.4) is 0 Å². The summed E-state index contributed by atoms with van der Waals surface area (Å²) in [4.78, 5) is 0. The molecule has 0 radical (unpaired) electrons. The van der Waals surface area contributed by atoms with Gasteiger partial charge in [-0.25, -0.2) is 0 Å². The molecule has 2 nitrogen and oxygen atoms in total. The van der Waals surface area contributed by atoms with E-state index in [1.807, 2.05) is 91.9 Å². The molecule has 0 amide bonds. The lowest BCUT2D eigenvalue weighted by Crippen LogP contribution is -1.98. The minimum atomic E-state index is 0.181. The van der Waals surface area contributed by atoms with E-state index in [0.29, 0.717) is 12.4 Å². The smallest absolute Gasteiger partial charge is 0.130 e. The van der Waals surface area contributed by atoms with Crippen LogP contribution in [0.1, 0.15) is 40.3 Å². The van der Waals surface area contributed by atoms with Crippen molar-refractivity contribution in [1.29, 1.82) is 0 Å². The summed E-state index contributed by atoms with van der Waals surface area (Å²) in [5.74, 6) is 0.831. The van der Waals surface area contributed by atoms with E-state index in [0.717, 1.165) is 33.4 Å². The monoisotopic (exact) mass is 444 g/mol. The first kappa shape index (κ1) is 22.9. The quantitative estimate of drug-likeness (QED) is 0.277. The Morgan fingerprint density at radius 3 is 1.41 bits per heavy atom. The van der Waals surface area contributed by atoms with Gasteiger partial charge >= 0.3 is 0 Å². The Hall–Kier alpha value is -4.30. The summed E-state index contributed by atoms with van der Waals surface area (Å²) in [6, 6.07) is 32.1. The van der Waals surface area contributed by atoms with E-state index in [1.165, 1.54) is 0 Å². The molecule has 0 heterocycles. The van der Waals surface area contributed by atoms with Crippen LogP contribution >= 0.6 is 0 Å². The first-order chi connectivity index (χ1) is 16.7. The number of aromatic hydroxyl groups is 1. The predicted octanol–water partition coefficient (Wildman–Crippen LogP) is 8.30. The highest BCUT2D eigenvalue weighted by Gasteiger charge is 2.14.